The average molecular weight is 387 g/mol. The summed E-state index contributed by atoms with van der Waals surface area (Å²) < 4.78 is 28.3. The molecule has 4 atom stereocenters. The largest absolute Gasteiger partial charge is 0.364 e. The molecule has 0 radical (unpaired) electrons. The van der Waals surface area contributed by atoms with Gasteiger partial charge in [0.25, 0.3) is 0 Å². The number of benzene rings is 1. The maximum absolute atomic E-state index is 11.4. The Kier molecular flexibility index (Phi) is 6.37. The third-order valence-electron chi connectivity index (χ3n) is 4.66. The van der Waals surface area contributed by atoms with Gasteiger partial charge >= 0.3 is 0 Å². The molecule has 2 heterocycles. The number of piperazine rings is 1. The lowest BCUT2D eigenvalue weighted by Crippen LogP contribution is -2.64. The quantitative estimate of drug-likeness (QED) is 0.559. The highest BCUT2D eigenvalue weighted by Gasteiger charge is 2.31. The van der Waals surface area contributed by atoms with Crippen molar-refractivity contribution < 1.29 is 13.2 Å². The number of primary sulfonamides is 1. The number of methoxy groups -OCH3 is 1. The molecule has 25 heavy (non-hydrogen) atoms. The second-order valence-electron chi connectivity index (χ2n) is 6.42. The first-order valence-electron chi connectivity index (χ1n) is 8.47. The van der Waals surface area contributed by atoms with Gasteiger partial charge in [0.05, 0.1) is 11.1 Å². The number of hydrogen-bond acceptors (Lipinski definition) is 7. The van der Waals surface area contributed by atoms with E-state index in [4.69, 9.17) is 9.88 Å². The highest BCUT2D eigenvalue weighted by atomic mass is 32.2. The molecule has 0 aromatic heterocycles. The van der Waals surface area contributed by atoms with E-state index in [0.29, 0.717) is 11.8 Å². The lowest BCUT2D eigenvalue weighted by molar-refractivity contribution is 0.00562. The maximum Gasteiger partial charge on any atom is 0.238 e. The summed E-state index contributed by atoms with van der Waals surface area (Å²) in [7, 11) is -1.97. The van der Waals surface area contributed by atoms with Crippen LogP contribution in [0.2, 0.25) is 0 Å². The standard InChI is InChI=1S/C16H26N4O3S2/c1-23-16-15(18-9-12-3-2-8-24-12)20-14(10-19-16)11-4-6-13(7-5-11)25(17,21)22/h4-7,12,14-16,18-20H,2-3,8-10H2,1H3,(H2,17,21,22). The number of ether oxygens (including phenoxy) is 1. The average Bonchev–Trinajstić information content (AvgIpc) is 3.12. The van der Waals surface area contributed by atoms with E-state index in [9.17, 15) is 8.42 Å². The van der Waals surface area contributed by atoms with Crippen molar-refractivity contribution in [2.75, 3.05) is 26.0 Å². The summed E-state index contributed by atoms with van der Waals surface area (Å²) in [6, 6.07) is 6.76. The van der Waals surface area contributed by atoms with Gasteiger partial charge in [0.1, 0.15) is 6.23 Å². The first-order valence-corrected chi connectivity index (χ1v) is 11.1. The second-order valence-corrected chi connectivity index (χ2v) is 9.39. The van der Waals surface area contributed by atoms with Gasteiger partial charge in [-0.05, 0) is 36.3 Å². The van der Waals surface area contributed by atoms with Gasteiger partial charge in [0.15, 0.2) is 0 Å². The van der Waals surface area contributed by atoms with Crippen LogP contribution < -0.4 is 21.1 Å². The van der Waals surface area contributed by atoms with Crippen molar-refractivity contribution in [3.05, 3.63) is 29.8 Å². The number of sulfonamides is 1. The zero-order chi connectivity index (χ0) is 17.9. The smallest absolute Gasteiger partial charge is 0.238 e. The molecule has 0 bridgehead atoms. The molecule has 1 aromatic rings. The van der Waals surface area contributed by atoms with E-state index in [-0.39, 0.29) is 23.3 Å². The van der Waals surface area contributed by atoms with Gasteiger partial charge in [-0.15, -0.1) is 0 Å². The zero-order valence-corrected chi connectivity index (χ0v) is 15.9. The third-order valence-corrected chi connectivity index (χ3v) is 6.99. The molecular formula is C16H26N4O3S2. The molecule has 0 amide bonds. The van der Waals surface area contributed by atoms with Crippen molar-refractivity contribution in [3.63, 3.8) is 0 Å². The van der Waals surface area contributed by atoms with Crippen molar-refractivity contribution in [3.8, 4) is 0 Å². The molecule has 3 rings (SSSR count). The summed E-state index contributed by atoms with van der Waals surface area (Å²) >= 11 is 2.02. The molecular weight excluding hydrogens is 360 g/mol. The van der Waals surface area contributed by atoms with Crippen LogP contribution in [0.25, 0.3) is 0 Å². The third kappa shape index (κ3) is 4.94. The van der Waals surface area contributed by atoms with Crippen LogP contribution in [0.5, 0.6) is 0 Å². The van der Waals surface area contributed by atoms with E-state index in [0.717, 1.165) is 12.1 Å². The van der Waals surface area contributed by atoms with Crippen molar-refractivity contribution in [2.24, 2.45) is 5.14 Å². The Morgan fingerprint density at radius 3 is 2.72 bits per heavy atom. The first-order chi connectivity index (χ1) is 12.0. The minimum absolute atomic E-state index is 0.0112. The van der Waals surface area contributed by atoms with Crippen molar-refractivity contribution in [1.29, 1.82) is 0 Å². The predicted octanol–water partition coefficient (Wildman–Crippen LogP) is 0.352. The molecule has 2 fully saturated rings. The Morgan fingerprint density at radius 2 is 2.12 bits per heavy atom. The van der Waals surface area contributed by atoms with E-state index in [1.165, 1.54) is 18.6 Å². The minimum atomic E-state index is -3.66. The highest BCUT2D eigenvalue weighted by Crippen LogP contribution is 2.26. The number of rotatable bonds is 6. The summed E-state index contributed by atoms with van der Waals surface area (Å²) in [6.07, 6.45) is 2.43. The maximum atomic E-state index is 11.4. The molecule has 140 valence electrons. The lowest BCUT2D eigenvalue weighted by atomic mass is 10.0. The van der Waals surface area contributed by atoms with Gasteiger partial charge in [-0.3, -0.25) is 16.0 Å². The number of nitrogens with two attached hydrogens (primary N) is 1. The molecule has 2 aliphatic heterocycles. The summed E-state index contributed by atoms with van der Waals surface area (Å²) in [5, 5.41) is 16.3. The van der Waals surface area contributed by atoms with Crippen LogP contribution in [0, 0.1) is 0 Å². The van der Waals surface area contributed by atoms with Crippen LogP contribution >= 0.6 is 11.8 Å². The van der Waals surface area contributed by atoms with Crippen LogP contribution in [-0.2, 0) is 14.8 Å². The Balaban J connectivity index is 1.64. The van der Waals surface area contributed by atoms with E-state index < -0.39 is 10.0 Å². The van der Waals surface area contributed by atoms with Crippen LogP contribution in [0.15, 0.2) is 29.2 Å². The fourth-order valence-electron chi connectivity index (χ4n) is 3.27. The van der Waals surface area contributed by atoms with Gasteiger partial charge in [-0.25, -0.2) is 13.6 Å². The lowest BCUT2D eigenvalue weighted by Gasteiger charge is -2.38. The van der Waals surface area contributed by atoms with Crippen LogP contribution in [0.4, 0.5) is 0 Å². The fraction of sp³-hybridized carbons (Fsp3) is 0.625. The molecule has 7 nitrogen and oxygen atoms in total. The monoisotopic (exact) mass is 386 g/mol. The molecule has 1 aromatic carbocycles. The van der Waals surface area contributed by atoms with Crippen LogP contribution in [0.3, 0.4) is 0 Å². The molecule has 0 aliphatic carbocycles. The van der Waals surface area contributed by atoms with Gasteiger partial charge in [0, 0.05) is 31.5 Å². The summed E-state index contributed by atoms with van der Waals surface area (Å²) in [6.45, 7) is 1.64. The summed E-state index contributed by atoms with van der Waals surface area (Å²) in [5.74, 6) is 1.25. The van der Waals surface area contributed by atoms with E-state index in [1.54, 1.807) is 31.4 Å². The van der Waals surface area contributed by atoms with Gasteiger partial charge in [-0.1, -0.05) is 12.1 Å². The summed E-state index contributed by atoms with van der Waals surface area (Å²) in [5.41, 5.74) is 1.01. The van der Waals surface area contributed by atoms with Crippen molar-refractivity contribution in [2.45, 2.75) is 41.4 Å². The Morgan fingerprint density at radius 1 is 1.36 bits per heavy atom. The number of nitrogens with one attached hydrogen (secondary N) is 3. The van der Waals surface area contributed by atoms with Crippen molar-refractivity contribution in [1.82, 2.24) is 16.0 Å². The molecule has 5 N–H and O–H groups in total. The van der Waals surface area contributed by atoms with Crippen LogP contribution in [0.1, 0.15) is 24.4 Å². The molecule has 4 unspecified atom stereocenters. The fourth-order valence-corrected chi connectivity index (χ4v) is 5.00. The molecule has 9 heteroatoms. The van der Waals surface area contributed by atoms with E-state index >= 15 is 0 Å². The summed E-state index contributed by atoms with van der Waals surface area (Å²) in [4.78, 5) is 0.128. The Labute approximate surface area is 153 Å². The number of thioether (sulfide) groups is 1. The predicted molar refractivity (Wildman–Crippen MR) is 99.8 cm³/mol. The number of hydrogen-bond donors (Lipinski definition) is 4. The van der Waals surface area contributed by atoms with Gasteiger partial charge in [0.2, 0.25) is 10.0 Å². The topological polar surface area (TPSA) is 105 Å². The van der Waals surface area contributed by atoms with E-state index in [1.807, 2.05) is 11.8 Å². The zero-order valence-electron chi connectivity index (χ0n) is 14.3. The van der Waals surface area contributed by atoms with E-state index in [2.05, 4.69) is 16.0 Å². The molecule has 0 spiro atoms. The molecule has 2 saturated heterocycles. The van der Waals surface area contributed by atoms with Crippen LogP contribution in [-0.4, -0.2) is 52.0 Å². The van der Waals surface area contributed by atoms with Gasteiger partial charge < -0.3 is 4.74 Å². The normalized spacial score (nSPS) is 30.5. The minimum Gasteiger partial charge on any atom is -0.364 e. The molecule has 0 saturated carbocycles. The SMILES string of the molecule is COC1NCC(c2ccc(S(N)(=O)=O)cc2)NC1NCC1CCCS1. The first kappa shape index (κ1) is 19.1. The Hall–Kier alpha value is -0.680. The molecule has 2 aliphatic rings. The highest BCUT2D eigenvalue weighted by molar-refractivity contribution is 8.00. The Bertz CT molecular complexity index is 662. The van der Waals surface area contributed by atoms with Crippen molar-refractivity contribution >= 4 is 21.8 Å². The van der Waals surface area contributed by atoms with Gasteiger partial charge in [-0.2, -0.15) is 11.8 Å². The second kappa shape index (κ2) is 8.34.